The average molecular weight is 379 g/mol. The number of halogens is 1. The van der Waals surface area contributed by atoms with E-state index in [1.807, 2.05) is 26.0 Å². The fourth-order valence-corrected chi connectivity index (χ4v) is 4.17. The molecule has 1 N–H and O–H groups in total. The van der Waals surface area contributed by atoms with Crippen LogP contribution in [0.25, 0.3) is 0 Å². The molecule has 0 fully saturated rings. The smallest absolute Gasteiger partial charge is 0.226 e. The van der Waals surface area contributed by atoms with Crippen molar-refractivity contribution in [1.82, 2.24) is 4.98 Å². The number of fused-ring (bicyclic) bond motifs is 1. The molecule has 25 heavy (non-hydrogen) atoms. The van der Waals surface area contributed by atoms with Gasteiger partial charge in [-0.2, -0.15) is 0 Å². The quantitative estimate of drug-likeness (QED) is 0.712. The van der Waals surface area contributed by atoms with Crippen molar-refractivity contribution < 1.29 is 9.53 Å². The van der Waals surface area contributed by atoms with Crippen LogP contribution in [0.1, 0.15) is 47.4 Å². The minimum absolute atomic E-state index is 0.00170. The summed E-state index contributed by atoms with van der Waals surface area (Å²) in [6.07, 6.45) is 5.65. The van der Waals surface area contributed by atoms with E-state index in [1.54, 1.807) is 11.3 Å². The first-order chi connectivity index (χ1) is 12.0. The number of carbonyl (C=O) groups is 1. The van der Waals surface area contributed by atoms with Gasteiger partial charge >= 0.3 is 0 Å². The van der Waals surface area contributed by atoms with Gasteiger partial charge < -0.3 is 10.1 Å². The second-order valence-electron chi connectivity index (χ2n) is 6.47. The number of hydrogen-bond donors (Lipinski definition) is 1. The van der Waals surface area contributed by atoms with Crippen LogP contribution in [0.15, 0.2) is 12.1 Å². The van der Waals surface area contributed by atoms with Crippen molar-refractivity contribution in [3.63, 3.8) is 0 Å². The van der Waals surface area contributed by atoms with Gasteiger partial charge in [-0.25, -0.2) is 4.98 Å². The van der Waals surface area contributed by atoms with Crippen LogP contribution in [0.3, 0.4) is 0 Å². The Kier molecular flexibility index (Phi) is 5.97. The molecule has 0 radical (unpaired) electrons. The first kappa shape index (κ1) is 18.2. The van der Waals surface area contributed by atoms with E-state index >= 15 is 0 Å². The van der Waals surface area contributed by atoms with E-state index in [0.29, 0.717) is 19.4 Å². The molecule has 0 saturated heterocycles. The van der Waals surface area contributed by atoms with Crippen LogP contribution in [-0.2, 0) is 17.6 Å². The van der Waals surface area contributed by atoms with Crippen LogP contribution in [0.2, 0.25) is 5.02 Å². The predicted octanol–water partition coefficient (Wildman–Crippen LogP) is 5.09. The summed E-state index contributed by atoms with van der Waals surface area (Å²) in [4.78, 5) is 17.9. The Morgan fingerprint density at radius 1 is 1.28 bits per heavy atom. The Morgan fingerprint density at radius 2 is 2.00 bits per heavy atom. The third-order valence-corrected chi connectivity index (χ3v) is 5.99. The summed E-state index contributed by atoms with van der Waals surface area (Å²) in [6.45, 7) is 4.43. The molecule has 1 aliphatic carbocycles. The monoisotopic (exact) mass is 378 g/mol. The molecule has 0 unspecified atom stereocenters. The van der Waals surface area contributed by atoms with Gasteiger partial charge in [-0.15, -0.1) is 11.3 Å². The van der Waals surface area contributed by atoms with Gasteiger partial charge in [0.15, 0.2) is 5.13 Å². The number of benzene rings is 1. The van der Waals surface area contributed by atoms with Gasteiger partial charge in [0.2, 0.25) is 5.91 Å². The number of anilines is 1. The lowest BCUT2D eigenvalue weighted by Gasteiger charge is -2.09. The van der Waals surface area contributed by atoms with Crippen molar-refractivity contribution in [2.24, 2.45) is 0 Å². The van der Waals surface area contributed by atoms with Crippen molar-refractivity contribution >= 4 is 34.0 Å². The van der Waals surface area contributed by atoms with Crippen LogP contribution < -0.4 is 10.1 Å². The Bertz CT molecular complexity index is 726. The van der Waals surface area contributed by atoms with Crippen molar-refractivity contribution in [3.05, 3.63) is 38.9 Å². The standard InChI is InChI=1S/C19H23ClN2O2S/c1-12-10-14(11-13(2)18(12)20)24-9-5-8-17(23)22-19-21-15-6-3-4-7-16(15)25-19/h10-11H,3-9H2,1-2H3,(H,21,22,23). The van der Waals surface area contributed by atoms with Gasteiger partial charge in [0, 0.05) is 16.3 Å². The molecule has 1 aliphatic rings. The fourth-order valence-electron chi connectivity index (χ4n) is 3.00. The van der Waals surface area contributed by atoms with Gasteiger partial charge in [-0.1, -0.05) is 11.6 Å². The average Bonchev–Trinajstić information content (AvgIpc) is 2.98. The highest BCUT2D eigenvalue weighted by atomic mass is 35.5. The molecular formula is C19H23ClN2O2S. The molecule has 1 amide bonds. The van der Waals surface area contributed by atoms with E-state index in [2.05, 4.69) is 10.3 Å². The second kappa shape index (κ2) is 8.19. The highest BCUT2D eigenvalue weighted by Crippen LogP contribution is 2.29. The predicted molar refractivity (Wildman–Crippen MR) is 103 cm³/mol. The van der Waals surface area contributed by atoms with E-state index in [0.717, 1.165) is 39.9 Å². The Labute approximate surface area is 157 Å². The SMILES string of the molecule is Cc1cc(OCCCC(=O)Nc2nc3c(s2)CCCC3)cc(C)c1Cl. The number of nitrogens with one attached hydrogen (secondary N) is 1. The second-order valence-corrected chi connectivity index (χ2v) is 7.93. The number of nitrogens with zero attached hydrogens (tertiary/aromatic N) is 1. The minimum Gasteiger partial charge on any atom is -0.494 e. The summed E-state index contributed by atoms with van der Waals surface area (Å²) in [7, 11) is 0. The summed E-state index contributed by atoms with van der Waals surface area (Å²) in [6, 6.07) is 3.85. The molecule has 6 heteroatoms. The maximum absolute atomic E-state index is 12.1. The molecule has 1 heterocycles. The zero-order chi connectivity index (χ0) is 17.8. The van der Waals surface area contributed by atoms with Crippen LogP contribution in [0, 0.1) is 13.8 Å². The Morgan fingerprint density at radius 3 is 2.72 bits per heavy atom. The number of carbonyl (C=O) groups excluding carboxylic acids is 1. The lowest BCUT2D eigenvalue weighted by molar-refractivity contribution is -0.116. The first-order valence-corrected chi connectivity index (χ1v) is 9.90. The molecule has 134 valence electrons. The molecule has 2 aromatic rings. The fraction of sp³-hybridized carbons (Fsp3) is 0.474. The molecule has 0 bridgehead atoms. The lowest BCUT2D eigenvalue weighted by Crippen LogP contribution is -2.12. The van der Waals surface area contributed by atoms with E-state index in [4.69, 9.17) is 16.3 Å². The third-order valence-electron chi connectivity index (χ3n) is 4.32. The van der Waals surface area contributed by atoms with Crippen LogP contribution in [0.5, 0.6) is 5.75 Å². The topological polar surface area (TPSA) is 51.2 Å². The summed E-state index contributed by atoms with van der Waals surface area (Å²) in [5.41, 5.74) is 3.17. The zero-order valence-electron chi connectivity index (χ0n) is 14.7. The van der Waals surface area contributed by atoms with E-state index in [1.165, 1.54) is 23.4 Å². The number of aryl methyl sites for hydroxylation is 4. The number of thiazole rings is 1. The summed E-state index contributed by atoms with van der Waals surface area (Å²) < 4.78 is 5.74. The summed E-state index contributed by atoms with van der Waals surface area (Å²) >= 11 is 7.77. The largest absolute Gasteiger partial charge is 0.494 e. The van der Waals surface area contributed by atoms with Crippen molar-refractivity contribution in [2.45, 2.75) is 52.4 Å². The van der Waals surface area contributed by atoms with Crippen molar-refractivity contribution in [2.75, 3.05) is 11.9 Å². The van der Waals surface area contributed by atoms with E-state index < -0.39 is 0 Å². The highest BCUT2D eigenvalue weighted by molar-refractivity contribution is 7.15. The number of rotatable bonds is 6. The summed E-state index contributed by atoms with van der Waals surface area (Å²) in [5.74, 6) is 0.797. The number of amides is 1. The van der Waals surface area contributed by atoms with Crippen LogP contribution in [-0.4, -0.2) is 17.5 Å². The number of aromatic nitrogens is 1. The van der Waals surface area contributed by atoms with Crippen molar-refractivity contribution in [3.8, 4) is 5.75 Å². The number of hydrogen-bond acceptors (Lipinski definition) is 4. The Hall–Kier alpha value is -1.59. The third kappa shape index (κ3) is 4.73. The van der Waals surface area contributed by atoms with E-state index in [9.17, 15) is 4.79 Å². The van der Waals surface area contributed by atoms with Gasteiger partial charge in [0.1, 0.15) is 5.75 Å². The maximum atomic E-state index is 12.1. The highest BCUT2D eigenvalue weighted by Gasteiger charge is 2.16. The van der Waals surface area contributed by atoms with Crippen LogP contribution >= 0.6 is 22.9 Å². The molecule has 1 aromatic heterocycles. The molecule has 0 saturated carbocycles. The molecule has 1 aromatic carbocycles. The van der Waals surface area contributed by atoms with Gasteiger partial charge in [0.05, 0.1) is 12.3 Å². The van der Waals surface area contributed by atoms with Gasteiger partial charge in [-0.3, -0.25) is 4.79 Å². The molecule has 3 rings (SSSR count). The number of ether oxygens (including phenoxy) is 1. The minimum atomic E-state index is -0.00170. The van der Waals surface area contributed by atoms with Crippen LogP contribution in [0.4, 0.5) is 5.13 Å². The summed E-state index contributed by atoms with van der Waals surface area (Å²) in [5, 5.41) is 4.43. The molecule has 0 spiro atoms. The lowest BCUT2D eigenvalue weighted by atomic mass is 10.0. The normalized spacial score (nSPS) is 13.4. The molecule has 0 atom stereocenters. The van der Waals surface area contributed by atoms with E-state index in [-0.39, 0.29) is 5.91 Å². The van der Waals surface area contributed by atoms with Crippen molar-refractivity contribution in [1.29, 1.82) is 0 Å². The maximum Gasteiger partial charge on any atom is 0.226 e. The molecule has 4 nitrogen and oxygen atoms in total. The zero-order valence-corrected chi connectivity index (χ0v) is 16.2. The Balaban J connectivity index is 1.43. The molecular weight excluding hydrogens is 356 g/mol. The van der Waals surface area contributed by atoms with Gasteiger partial charge in [0.25, 0.3) is 0 Å². The van der Waals surface area contributed by atoms with Gasteiger partial charge in [-0.05, 0) is 69.2 Å². The molecule has 0 aliphatic heterocycles. The first-order valence-electron chi connectivity index (χ1n) is 8.71.